The van der Waals surface area contributed by atoms with Crippen LogP contribution in [-0.4, -0.2) is 45.4 Å². The minimum atomic E-state index is -0.0995. The molecule has 4 aromatic rings. The molecule has 1 N–H and O–H groups in total. The molecule has 1 saturated heterocycles. The van der Waals surface area contributed by atoms with Crippen molar-refractivity contribution in [3.05, 3.63) is 78.1 Å². The van der Waals surface area contributed by atoms with Gasteiger partial charge in [0.15, 0.2) is 0 Å². The Kier molecular flexibility index (Phi) is 5.44. The lowest BCUT2D eigenvalue weighted by molar-refractivity contribution is -0.133. The molecule has 0 unspecified atom stereocenters. The van der Waals surface area contributed by atoms with Gasteiger partial charge in [-0.05, 0) is 56.7 Å². The number of nitrogens with zero attached hydrogens (tertiary/aromatic N) is 3. The molecule has 2 aromatic carbocycles. The number of likely N-dealkylation sites (tertiary alicyclic amines) is 1. The van der Waals surface area contributed by atoms with Crippen molar-refractivity contribution in [2.75, 3.05) is 13.1 Å². The van der Waals surface area contributed by atoms with Gasteiger partial charge in [0.1, 0.15) is 6.54 Å². The Balaban J connectivity index is 1.52. The highest BCUT2D eigenvalue weighted by molar-refractivity contribution is 6.06. The van der Waals surface area contributed by atoms with E-state index in [1.807, 2.05) is 25.1 Å². The lowest BCUT2D eigenvalue weighted by Gasteiger charge is -2.38. The molecule has 0 spiro atoms. The summed E-state index contributed by atoms with van der Waals surface area (Å²) in [5, 5.41) is 5.29. The van der Waals surface area contributed by atoms with Gasteiger partial charge < -0.3 is 14.8 Å². The summed E-state index contributed by atoms with van der Waals surface area (Å²) in [7, 11) is 0. The molecule has 1 aliphatic rings. The average Bonchev–Trinajstić information content (AvgIpc) is 3.05. The predicted octanol–water partition coefficient (Wildman–Crippen LogP) is 4.29. The molecular weight excluding hydrogens is 424 g/mol. The molecule has 34 heavy (non-hydrogen) atoms. The highest BCUT2D eigenvalue weighted by Crippen LogP contribution is 2.38. The second-order valence-corrected chi connectivity index (χ2v) is 9.10. The van der Waals surface area contributed by atoms with Crippen LogP contribution >= 0.6 is 0 Å². The largest absolute Gasteiger partial charge is 0.348 e. The van der Waals surface area contributed by atoms with Gasteiger partial charge >= 0.3 is 0 Å². The molecule has 6 nitrogen and oxygen atoms in total. The fourth-order valence-electron chi connectivity index (χ4n) is 4.91. The van der Waals surface area contributed by atoms with E-state index in [1.165, 1.54) is 11.6 Å². The SMILES string of the molecule is C=CC(=O)N1CC(NC(=O)Cn2c(C)c(-c3cccc4nc(C)ccc34)c3cc(C)ccc32)C1. The first kappa shape index (κ1) is 21.9. The zero-order valence-electron chi connectivity index (χ0n) is 19.8. The Morgan fingerprint density at radius 1 is 1.09 bits per heavy atom. The van der Waals surface area contributed by atoms with E-state index in [2.05, 4.69) is 60.6 Å². The smallest absolute Gasteiger partial charge is 0.246 e. The van der Waals surface area contributed by atoms with E-state index in [4.69, 9.17) is 4.98 Å². The highest BCUT2D eigenvalue weighted by Gasteiger charge is 2.30. The number of amides is 2. The zero-order chi connectivity index (χ0) is 24.0. The van der Waals surface area contributed by atoms with E-state index in [1.54, 1.807) is 4.90 Å². The maximum Gasteiger partial charge on any atom is 0.246 e. The fourth-order valence-corrected chi connectivity index (χ4v) is 4.91. The summed E-state index contributed by atoms with van der Waals surface area (Å²) in [5.74, 6) is -0.157. The van der Waals surface area contributed by atoms with Gasteiger partial charge in [-0.15, -0.1) is 0 Å². The van der Waals surface area contributed by atoms with Crippen LogP contribution in [0, 0.1) is 20.8 Å². The van der Waals surface area contributed by atoms with E-state index < -0.39 is 0 Å². The Morgan fingerprint density at radius 2 is 1.88 bits per heavy atom. The van der Waals surface area contributed by atoms with Gasteiger partial charge in [0.05, 0.1) is 11.6 Å². The molecule has 0 aliphatic carbocycles. The van der Waals surface area contributed by atoms with Crippen molar-refractivity contribution < 1.29 is 9.59 Å². The number of benzene rings is 2. The monoisotopic (exact) mass is 452 g/mol. The number of pyridine rings is 1. The van der Waals surface area contributed by atoms with Crippen LogP contribution in [0.1, 0.15) is 17.0 Å². The van der Waals surface area contributed by atoms with Crippen molar-refractivity contribution >= 4 is 33.6 Å². The second-order valence-electron chi connectivity index (χ2n) is 9.10. The van der Waals surface area contributed by atoms with Gasteiger partial charge in [0.25, 0.3) is 0 Å². The molecule has 172 valence electrons. The Morgan fingerprint density at radius 3 is 2.65 bits per heavy atom. The molecule has 2 amide bonds. The number of aryl methyl sites for hydroxylation is 2. The van der Waals surface area contributed by atoms with Crippen LogP contribution in [0.5, 0.6) is 0 Å². The first-order chi connectivity index (χ1) is 16.4. The van der Waals surface area contributed by atoms with E-state index in [9.17, 15) is 9.59 Å². The maximum absolute atomic E-state index is 13.0. The van der Waals surface area contributed by atoms with Gasteiger partial charge in [-0.3, -0.25) is 14.6 Å². The summed E-state index contributed by atoms with van der Waals surface area (Å²) < 4.78 is 2.09. The van der Waals surface area contributed by atoms with E-state index in [-0.39, 0.29) is 24.4 Å². The molecule has 0 saturated carbocycles. The molecule has 0 radical (unpaired) electrons. The number of fused-ring (bicyclic) bond motifs is 2. The number of hydrogen-bond acceptors (Lipinski definition) is 3. The van der Waals surface area contributed by atoms with Crippen molar-refractivity contribution in [2.24, 2.45) is 0 Å². The van der Waals surface area contributed by atoms with Crippen LogP contribution < -0.4 is 5.32 Å². The summed E-state index contributed by atoms with van der Waals surface area (Å²) in [6.45, 7) is 10.9. The first-order valence-electron chi connectivity index (χ1n) is 11.5. The Bertz CT molecular complexity index is 1460. The quantitative estimate of drug-likeness (QED) is 0.459. The first-order valence-corrected chi connectivity index (χ1v) is 11.5. The third kappa shape index (κ3) is 3.75. The lowest BCUT2D eigenvalue weighted by Crippen LogP contribution is -2.61. The van der Waals surface area contributed by atoms with Gasteiger partial charge in [-0.2, -0.15) is 0 Å². The summed E-state index contributed by atoms with van der Waals surface area (Å²) >= 11 is 0. The van der Waals surface area contributed by atoms with Crippen molar-refractivity contribution in [2.45, 2.75) is 33.4 Å². The van der Waals surface area contributed by atoms with Gasteiger partial charge in [0.2, 0.25) is 11.8 Å². The van der Waals surface area contributed by atoms with Crippen LogP contribution in [0.2, 0.25) is 0 Å². The van der Waals surface area contributed by atoms with Gasteiger partial charge in [0, 0.05) is 46.3 Å². The summed E-state index contributed by atoms with van der Waals surface area (Å²) in [5.41, 5.74) is 7.45. The van der Waals surface area contributed by atoms with Gasteiger partial charge in [-0.25, -0.2) is 0 Å². The maximum atomic E-state index is 13.0. The van der Waals surface area contributed by atoms with Crippen LogP contribution in [0.15, 0.2) is 61.2 Å². The number of aromatic nitrogens is 2. The molecule has 2 aromatic heterocycles. The van der Waals surface area contributed by atoms with E-state index >= 15 is 0 Å². The molecule has 0 atom stereocenters. The van der Waals surface area contributed by atoms with Crippen LogP contribution in [0.4, 0.5) is 0 Å². The number of rotatable bonds is 5. The van der Waals surface area contributed by atoms with Crippen molar-refractivity contribution in [3.8, 4) is 11.1 Å². The Hall–Kier alpha value is -3.93. The third-order valence-corrected chi connectivity index (χ3v) is 6.65. The second kappa shape index (κ2) is 8.45. The van der Waals surface area contributed by atoms with Gasteiger partial charge in [-0.1, -0.05) is 36.4 Å². The van der Waals surface area contributed by atoms with E-state index in [0.717, 1.165) is 44.3 Å². The molecule has 5 rings (SSSR count). The van der Waals surface area contributed by atoms with Crippen molar-refractivity contribution in [1.29, 1.82) is 0 Å². The summed E-state index contributed by atoms with van der Waals surface area (Å²) in [6.07, 6.45) is 1.31. The topological polar surface area (TPSA) is 67.2 Å². The number of hydrogen-bond donors (Lipinski definition) is 1. The lowest BCUT2D eigenvalue weighted by atomic mass is 9.97. The minimum Gasteiger partial charge on any atom is -0.348 e. The number of carbonyl (C=O) groups is 2. The van der Waals surface area contributed by atoms with Crippen LogP contribution in [0.3, 0.4) is 0 Å². The highest BCUT2D eigenvalue weighted by atomic mass is 16.2. The number of carbonyl (C=O) groups excluding carboxylic acids is 2. The standard InChI is InChI=1S/C28H28N4O2/c1-5-27(34)31-14-20(15-31)30-26(33)16-32-19(4)28(23-13-17(2)9-12-25(23)32)22-7-6-8-24-21(22)11-10-18(3)29-24/h5-13,20H,1,14-16H2,2-4H3,(H,30,33). The third-order valence-electron chi connectivity index (χ3n) is 6.65. The molecular formula is C28H28N4O2. The van der Waals surface area contributed by atoms with Crippen LogP contribution in [0.25, 0.3) is 32.9 Å². The zero-order valence-corrected chi connectivity index (χ0v) is 19.8. The normalized spacial score (nSPS) is 13.8. The molecule has 1 fully saturated rings. The summed E-state index contributed by atoms with van der Waals surface area (Å²) in [4.78, 5) is 31.0. The minimum absolute atomic E-state index is 0.0207. The molecule has 3 heterocycles. The molecule has 6 heteroatoms. The molecule has 0 bridgehead atoms. The average molecular weight is 453 g/mol. The van der Waals surface area contributed by atoms with Crippen molar-refractivity contribution in [1.82, 2.24) is 19.8 Å². The Labute approximate surface area is 198 Å². The number of nitrogens with one attached hydrogen (secondary N) is 1. The predicted molar refractivity (Wildman–Crippen MR) is 136 cm³/mol. The summed E-state index contributed by atoms with van der Waals surface area (Å²) in [6, 6.07) is 16.7. The molecule has 1 aliphatic heterocycles. The van der Waals surface area contributed by atoms with Crippen LogP contribution in [-0.2, 0) is 16.1 Å². The van der Waals surface area contributed by atoms with E-state index in [0.29, 0.717) is 13.1 Å². The fraction of sp³-hybridized carbons (Fsp3) is 0.250. The van der Waals surface area contributed by atoms with Crippen molar-refractivity contribution in [3.63, 3.8) is 0 Å².